The number of para-hydroxylation sites is 3. The second-order valence-corrected chi connectivity index (χ2v) is 7.36. The van der Waals surface area contributed by atoms with Gasteiger partial charge in [-0.1, -0.05) is 30.3 Å². The Morgan fingerprint density at radius 2 is 1.63 bits per heavy atom. The summed E-state index contributed by atoms with van der Waals surface area (Å²) in [7, 11) is 0. The Morgan fingerprint density at radius 1 is 0.933 bits per heavy atom. The van der Waals surface area contributed by atoms with Gasteiger partial charge in [-0.15, -0.1) is 11.3 Å². The van der Waals surface area contributed by atoms with E-state index in [-0.39, 0.29) is 5.91 Å². The lowest BCUT2D eigenvalue weighted by Crippen LogP contribution is -2.13. The highest BCUT2D eigenvalue weighted by molar-refractivity contribution is 7.14. The SMILES string of the molecule is Cc1cc(C)nc(Nc2nc(C(=O)Nc3ccccc3Oc3ccccc3)cs2)n1. The number of anilines is 3. The molecule has 30 heavy (non-hydrogen) atoms. The molecule has 0 atom stereocenters. The van der Waals surface area contributed by atoms with Crippen LogP contribution in [-0.4, -0.2) is 20.9 Å². The summed E-state index contributed by atoms with van der Waals surface area (Å²) in [5, 5.41) is 8.14. The van der Waals surface area contributed by atoms with Crippen LogP contribution in [0.1, 0.15) is 21.9 Å². The molecule has 4 aromatic rings. The van der Waals surface area contributed by atoms with Crippen molar-refractivity contribution in [3.63, 3.8) is 0 Å². The first-order valence-corrected chi connectivity index (χ1v) is 10.1. The van der Waals surface area contributed by atoms with Gasteiger partial charge in [0.1, 0.15) is 11.4 Å². The summed E-state index contributed by atoms with van der Waals surface area (Å²) in [6, 6.07) is 18.6. The number of benzene rings is 2. The number of carbonyl (C=O) groups excluding carboxylic acids is 1. The van der Waals surface area contributed by atoms with E-state index < -0.39 is 0 Å². The zero-order valence-electron chi connectivity index (χ0n) is 16.4. The van der Waals surface area contributed by atoms with Gasteiger partial charge in [0.15, 0.2) is 10.9 Å². The van der Waals surface area contributed by atoms with Gasteiger partial charge in [0, 0.05) is 16.8 Å². The van der Waals surface area contributed by atoms with Crippen molar-refractivity contribution in [3.05, 3.63) is 83.1 Å². The number of amides is 1. The fraction of sp³-hybridized carbons (Fsp3) is 0.0909. The van der Waals surface area contributed by atoms with Crippen LogP contribution in [0, 0.1) is 13.8 Å². The lowest BCUT2D eigenvalue weighted by atomic mass is 10.2. The molecule has 0 radical (unpaired) electrons. The summed E-state index contributed by atoms with van der Waals surface area (Å²) < 4.78 is 5.89. The predicted octanol–water partition coefficient (Wildman–Crippen LogP) is 5.34. The second kappa shape index (κ2) is 8.71. The highest BCUT2D eigenvalue weighted by atomic mass is 32.1. The summed E-state index contributed by atoms with van der Waals surface area (Å²) in [5.41, 5.74) is 2.57. The maximum atomic E-state index is 12.7. The summed E-state index contributed by atoms with van der Waals surface area (Å²) in [5.74, 6) is 1.36. The third kappa shape index (κ3) is 4.79. The average molecular weight is 417 g/mol. The number of carbonyl (C=O) groups is 1. The molecule has 7 nitrogen and oxygen atoms in total. The zero-order valence-corrected chi connectivity index (χ0v) is 17.2. The maximum Gasteiger partial charge on any atom is 0.275 e. The Labute approximate surface area is 177 Å². The fourth-order valence-electron chi connectivity index (χ4n) is 2.77. The minimum Gasteiger partial charge on any atom is -0.455 e. The number of hydrogen-bond acceptors (Lipinski definition) is 7. The molecule has 0 saturated carbocycles. The van der Waals surface area contributed by atoms with Crippen molar-refractivity contribution in [2.45, 2.75) is 13.8 Å². The quantitative estimate of drug-likeness (QED) is 0.440. The van der Waals surface area contributed by atoms with Crippen LogP contribution >= 0.6 is 11.3 Å². The van der Waals surface area contributed by atoms with Gasteiger partial charge in [-0.3, -0.25) is 4.79 Å². The molecule has 0 aliphatic rings. The van der Waals surface area contributed by atoms with Crippen LogP contribution in [0.5, 0.6) is 11.5 Å². The van der Waals surface area contributed by atoms with E-state index in [9.17, 15) is 4.79 Å². The molecule has 2 aromatic carbocycles. The van der Waals surface area contributed by atoms with E-state index in [1.54, 1.807) is 17.5 Å². The van der Waals surface area contributed by atoms with Gasteiger partial charge in [-0.05, 0) is 44.2 Å². The largest absolute Gasteiger partial charge is 0.455 e. The van der Waals surface area contributed by atoms with Gasteiger partial charge in [-0.2, -0.15) is 0 Å². The third-order valence-electron chi connectivity index (χ3n) is 4.04. The lowest BCUT2D eigenvalue weighted by Gasteiger charge is -2.11. The topological polar surface area (TPSA) is 89.0 Å². The summed E-state index contributed by atoms with van der Waals surface area (Å²) in [6.07, 6.45) is 0. The smallest absolute Gasteiger partial charge is 0.275 e. The van der Waals surface area contributed by atoms with Crippen LogP contribution in [0.3, 0.4) is 0 Å². The minimum absolute atomic E-state index is 0.293. The van der Waals surface area contributed by atoms with Crippen molar-refractivity contribution < 1.29 is 9.53 Å². The molecule has 0 aliphatic carbocycles. The third-order valence-corrected chi connectivity index (χ3v) is 4.80. The van der Waals surface area contributed by atoms with Gasteiger partial charge < -0.3 is 15.4 Å². The molecule has 0 spiro atoms. The first kappa shape index (κ1) is 19.5. The molecule has 0 aliphatic heterocycles. The van der Waals surface area contributed by atoms with Crippen LogP contribution in [0.4, 0.5) is 16.8 Å². The van der Waals surface area contributed by atoms with Crippen LogP contribution in [0.2, 0.25) is 0 Å². The number of hydrogen-bond donors (Lipinski definition) is 2. The zero-order chi connectivity index (χ0) is 20.9. The lowest BCUT2D eigenvalue weighted by molar-refractivity contribution is 0.102. The number of ether oxygens (including phenoxy) is 1. The number of aromatic nitrogens is 3. The molecule has 2 heterocycles. The van der Waals surface area contributed by atoms with Gasteiger partial charge in [-0.25, -0.2) is 15.0 Å². The molecule has 2 N–H and O–H groups in total. The van der Waals surface area contributed by atoms with E-state index >= 15 is 0 Å². The van der Waals surface area contributed by atoms with Crippen LogP contribution in [-0.2, 0) is 0 Å². The van der Waals surface area contributed by atoms with E-state index in [2.05, 4.69) is 25.6 Å². The molecule has 150 valence electrons. The molecule has 0 bridgehead atoms. The van der Waals surface area contributed by atoms with E-state index in [0.29, 0.717) is 34.0 Å². The van der Waals surface area contributed by atoms with Crippen molar-refractivity contribution in [1.82, 2.24) is 15.0 Å². The van der Waals surface area contributed by atoms with Gasteiger partial charge >= 0.3 is 0 Å². The Morgan fingerprint density at radius 3 is 2.40 bits per heavy atom. The Bertz CT molecular complexity index is 1160. The standard InChI is InChI=1S/C22H19N5O2S/c1-14-12-15(2)24-21(23-14)27-22-26-18(13-30-22)20(28)25-17-10-6-7-11-19(17)29-16-8-4-3-5-9-16/h3-13H,1-2H3,(H,25,28)(H,23,24,26,27). The summed E-state index contributed by atoms with van der Waals surface area (Å²) in [6.45, 7) is 3.80. The first-order valence-electron chi connectivity index (χ1n) is 9.25. The van der Waals surface area contributed by atoms with Gasteiger partial charge in [0.25, 0.3) is 5.91 Å². The van der Waals surface area contributed by atoms with Crippen molar-refractivity contribution in [2.75, 3.05) is 10.6 Å². The van der Waals surface area contributed by atoms with Crippen molar-refractivity contribution in [2.24, 2.45) is 0 Å². The normalized spacial score (nSPS) is 10.5. The minimum atomic E-state index is -0.329. The molecule has 0 fully saturated rings. The number of aryl methyl sites for hydroxylation is 2. The maximum absolute atomic E-state index is 12.7. The number of rotatable bonds is 6. The molecule has 0 saturated heterocycles. The summed E-state index contributed by atoms with van der Waals surface area (Å²) in [4.78, 5) is 25.7. The summed E-state index contributed by atoms with van der Waals surface area (Å²) >= 11 is 1.31. The van der Waals surface area contributed by atoms with E-state index in [1.165, 1.54) is 11.3 Å². The number of nitrogens with zero attached hydrogens (tertiary/aromatic N) is 3. The molecule has 4 rings (SSSR count). The first-order chi connectivity index (χ1) is 14.6. The molecule has 1 amide bonds. The fourth-order valence-corrected chi connectivity index (χ4v) is 3.46. The second-order valence-electron chi connectivity index (χ2n) is 6.50. The number of nitrogens with one attached hydrogen (secondary N) is 2. The monoisotopic (exact) mass is 417 g/mol. The van der Waals surface area contributed by atoms with E-state index in [4.69, 9.17) is 4.74 Å². The van der Waals surface area contributed by atoms with Crippen molar-refractivity contribution in [1.29, 1.82) is 0 Å². The highest BCUT2D eigenvalue weighted by Crippen LogP contribution is 2.29. The van der Waals surface area contributed by atoms with Crippen LogP contribution in [0.15, 0.2) is 66.0 Å². The number of thiazole rings is 1. The highest BCUT2D eigenvalue weighted by Gasteiger charge is 2.14. The van der Waals surface area contributed by atoms with Gasteiger partial charge in [0.2, 0.25) is 5.95 Å². The van der Waals surface area contributed by atoms with Crippen molar-refractivity contribution in [3.8, 4) is 11.5 Å². The van der Waals surface area contributed by atoms with Crippen LogP contribution < -0.4 is 15.4 Å². The average Bonchev–Trinajstić information content (AvgIpc) is 3.18. The molecule has 0 unspecified atom stereocenters. The van der Waals surface area contributed by atoms with Crippen LogP contribution in [0.25, 0.3) is 0 Å². The van der Waals surface area contributed by atoms with E-state index in [0.717, 1.165) is 11.4 Å². The molecule has 2 aromatic heterocycles. The van der Waals surface area contributed by atoms with E-state index in [1.807, 2.05) is 62.4 Å². The molecule has 8 heteroatoms. The Balaban J connectivity index is 1.47. The Hall–Kier alpha value is -3.78. The Kier molecular flexibility index (Phi) is 5.67. The molecular weight excluding hydrogens is 398 g/mol. The molecular formula is C22H19N5O2S. The van der Waals surface area contributed by atoms with Crippen molar-refractivity contribution >= 4 is 34.0 Å². The predicted molar refractivity (Wildman–Crippen MR) is 118 cm³/mol. The van der Waals surface area contributed by atoms with Gasteiger partial charge in [0.05, 0.1) is 5.69 Å².